The highest BCUT2D eigenvalue weighted by Gasteiger charge is 2.23. The topological polar surface area (TPSA) is 92.4 Å². The number of nitrogens with zero attached hydrogens (tertiary/aromatic N) is 4. The van der Waals surface area contributed by atoms with Gasteiger partial charge in [-0.3, -0.25) is 0 Å². The highest BCUT2D eigenvalue weighted by molar-refractivity contribution is 5.89. The summed E-state index contributed by atoms with van der Waals surface area (Å²) in [7, 11) is 0. The average Bonchev–Trinajstić information content (AvgIpc) is 3.21. The number of hydrogen-bond donors (Lipinski definition) is 2. The van der Waals surface area contributed by atoms with Gasteiger partial charge in [0.2, 0.25) is 0 Å². The van der Waals surface area contributed by atoms with Crippen molar-refractivity contribution in [2.75, 3.05) is 5.32 Å². The van der Waals surface area contributed by atoms with Crippen LogP contribution in [0.2, 0.25) is 0 Å². The van der Waals surface area contributed by atoms with Crippen LogP contribution in [0.25, 0.3) is 16.9 Å². The van der Waals surface area contributed by atoms with Crippen LogP contribution in [0, 0.1) is 6.92 Å². The fourth-order valence-corrected chi connectivity index (χ4v) is 2.55. The SMILES string of the molecule is Cc1ccc(C(=O)O)cc1-c1cnc(NC2CC2)c2ncnn12. The van der Waals surface area contributed by atoms with Gasteiger partial charge < -0.3 is 10.4 Å². The van der Waals surface area contributed by atoms with Crippen LogP contribution in [0.4, 0.5) is 5.82 Å². The summed E-state index contributed by atoms with van der Waals surface area (Å²) in [5.41, 5.74) is 3.34. The molecule has 0 atom stereocenters. The maximum Gasteiger partial charge on any atom is 0.335 e. The summed E-state index contributed by atoms with van der Waals surface area (Å²) in [4.78, 5) is 20.0. The molecule has 2 N–H and O–H groups in total. The molecule has 0 saturated heterocycles. The number of hydrogen-bond acceptors (Lipinski definition) is 5. The molecular weight excluding hydrogens is 294 g/mol. The van der Waals surface area contributed by atoms with E-state index in [0.29, 0.717) is 17.5 Å². The Kier molecular flexibility index (Phi) is 3.00. The molecule has 2 aromatic heterocycles. The Morgan fingerprint density at radius 3 is 2.91 bits per heavy atom. The Bertz CT molecular complexity index is 914. The molecule has 1 fully saturated rings. The lowest BCUT2D eigenvalue weighted by Crippen LogP contribution is -2.07. The van der Waals surface area contributed by atoms with Crippen molar-refractivity contribution in [2.45, 2.75) is 25.8 Å². The summed E-state index contributed by atoms with van der Waals surface area (Å²) in [6.45, 7) is 1.93. The van der Waals surface area contributed by atoms with E-state index in [1.165, 1.54) is 6.33 Å². The van der Waals surface area contributed by atoms with E-state index in [-0.39, 0.29) is 5.56 Å². The Morgan fingerprint density at radius 1 is 1.35 bits per heavy atom. The Hall–Kier alpha value is -2.96. The number of aryl methyl sites for hydroxylation is 1. The van der Waals surface area contributed by atoms with Crippen molar-refractivity contribution in [3.05, 3.63) is 41.9 Å². The zero-order valence-corrected chi connectivity index (χ0v) is 12.5. The predicted octanol–water partition coefficient (Wildman–Crippen LogP) is 2.37. The van der Waals surface area contributed by atoms with E-state index in [1.807, 2.05) is 6.92 Å². The summed E-state index contributed by atoms with van der Waals surface area (Å²) in [5.74, 6) is -0.248. The molecule has 116 valence electrons. The number of carboxylic acids is 1. The lowest BCUT2D eigenvalue weighted by molar-refractivity contribution is 0.0697. The molecule has 0 unspecified atom stereocenters. The molecule has 4 rings (SSSR count). The van der Waals surface area contributed by atoms with Crippen molar-refractivity contribution in [1.82, 2.24) is 19.6 Å². The third-order valence-electron chi connectivity index (χ3n) is 3.98. The van der Waals surface area contributed by atoms with Gasteiger partial charge in [-0.2, -0.15) is 5.10 Å². The number of carboxylic acid groups (broad SMARTS) is 1. The number of aromatic nitrogens is 4. The minimum Gasteiger partial charge on any atom is -0.478 e. The summed E-state index contributed by atoms with van der Waals surface area (Å²) < 4.78 is 1.70. The quantitative estimate of drug-likeness (QED) is 0.768. The van der Waals surface area contributed by atoms with Crippen LogP contribution in [0.3, 0.4) is 0 Å². The highest BCUT2D eigenvalue weighted by Crippen LogP contribution is 2.29. The zero-order valence-electron chi connectivity index (χ0n) is 12.5. The number of rotatable bonds is 4. The average molecular weight is 309 g/mol. The van der Waals surface area contributed by atoms with Gasteiger partial charge in [0, 0.05) is 11.6 Å². The molecule has 3 aromatic rings. The van der Waals surface area contributed by atoms with Gasteiger partial charge in [0.1, 0.15) is 6.33 Å². The van der Waals surface area contributed by atoms with Crippen LogP contribution in [0.1, 0.15) is 28.8 Å². The molecule has 1 aliphatic carbocycles. The summed E-state index contributed by atoms with van der Waals surface area (Å²) in [6, 6.07) is 5.49. The summed E-state index contributed by atoms with van der Waals surface area (Å²) in [6.07, 6.45) is 5.47. The zero-order chi connectivity index (χ0) is 16.0. The van der Waals surface area contributed by atoms with E-state index in [0.717, 1.165) is 29.7 Å². The molecule has 0 bridgehead atoms. The number of anilines is 1. The number of aromatic carboxylic acids is 1. The molecule has 1 saturated carbocycles. The van der Waals surface area contributed by atoms with Crippen LogP contribution < -0.4 is 5.32 Å². The third kappa shape index (κ3) is 2.40. The van der Waals surface area contributed by atoms with Crippen LogP contribution in [-0.2, 0) is 0 Å². The lowest BCUT2D eigenvalue weighted by atomic mass is 10.0. The summed E-state index contributed by atoms with van der Waals surface area (Å²) in [5, 5.41) is 16.8. The van der Waals surface area contributed by atoms with Gasteiger partial charge in [0.25, 0.3) is 0 Å². The van der Waals surface area contributed by atoms with Crippen LogP contribution in [-0.4, -0.2) is 36.7 Å². The van der Waals surface area contributed by atoms with Crippen molar-refractivity contribution in [1.29, 1.82) is 0 Å². The van der Waals surface area contributed by atoms with E-state index in [9.17, 15) is 9.90 Å². The molecule has 2 heterocycles. The Balaban J connectivity index is 1.87. The monoisotopic (exact) mass is 309 g/mol. The van der Waals surface area contributed by atoms with Gasteiger partial charge in [-0.05, 0) is 37.5 Å². The van der Waals surface area contributed by atoms with E-state index < -0.39 is 5.97 Å². The summed E-state index contributed by atoms with van der Waals surface area (Å²) >= 11 is 0. The Labute approximate surface area is 132 Å². The van der Waals surface area contributed by atoms with Gasteiger partial charge in [-0.15, -0.1) is 0 Å². The number of nitrogens with one attached hydrogen (secondary N) is 1. The van der Waals surface area contributed by atoms with Crippen molar-refractivity contribution in [3.63, 3.8) is 0 Å². The second kappa shape index (κ2) is 5.05. The molecule has 1 aromatic carbocycles. The number of carbonyl (C=O) groups is 1. The molecular formula is C16H15N5O2. The van der Waals surface area contributed by atoms with Gasteiger partial charge in [0.05, 0.1) is 17.5 Å². The lowest BCUT2D eigenvalue weighted by Gasteiger charge is -2.11. The van der Waals surface area contributed by atoms with E-state index >= 15 is 0 Å². The second-order valence-electron chi connectivity index (χ2n) is 5.74. The first-order valence-electron chi connectivity index (χ1n) is 7.43. The van der Waals surface area contributed by atoms with E-state index in [2.05, 4.69) is 20.4 Å². The van der Waals surface area contributed by atoms with E-state index in [4.69, 9.17) is 0 Å². The van der Waals surface area contributed by atoms with Crippen molar-refractivity contribution >= 4 is 17.4 Å². The fraction of sp³-hybridized carbons (Fsp3) is 0.250. The third-order valence-corrected chi connectivity index (χ3v) is 3.98. The molecule has 7 nitrogen and oxygen atoms in total. The molecule has 0 aliphatic heterocycles. The minimum absolute atomic E-state index is 0.235. The molecule has 23 heavy (non-hydrogen) atoms. The van der Waals surface area contributed by atoms with E-state index in [1.54, 1.807) is 28.9 Å². The minimum atomic E-state index is -0.957. The highest BCUT2D eigenvalue weighted by atomic mass is 16.4. The molecule has 0 spiro atoms. The molecule has 0 amide bonds. The van der Waals surface area contributed by atoms with Crippen molar-refractivity contribution in [2.24, 2.45) is 0 Å². The van der Waals surface area contributed by atoms with Gasteiger partial charge in [-0.25, -0.2) is 19.3 Å². The van der Waals surface area contributed by atoms with Crippen LogP contribution in [0.15, 0.2) is 30.7 Å². The van der Waals surface area contributed by atoms with Crippen molar-refractivity contribution < 1.29 is 9.90 Å². The van der Waals surface area contributed by atoms with Crippen molar-refractivity contribution in [3.8, 4) is 11.3 Å². The first-order valence-corrected chi connectivity index (χ1v) is 7.43. The maximum atomic E-state index is 11.2. The van der Waals surface area contributed by atoms with Gasteiger partial charge >= 0.3 is 5.97 Å². The number of benzene rings is 1. The first kappa shape index (κ1) is 13.7. The molecule has 1 aliphatic rings. The fourth-order valence-electron chi connectivity index (χ4n) is 2.55. The van der Waals surface area contributed by atoms with Gasteiger partial charge in [-0.1, -0.05) is 6.07 Å². The maximum absolute atomic E-state index is 11.2. The Morgan fingerprint density at radius 2 is 2.17 bits per heavy atom. The standard InChI is InChI=1S/C16H15N5O2/c1-9-2-3-10(16(22)23)6-12(9)13-7-17-14(20-11-4-5-11)15-18-8-19-21(13)15/h2-3,6-8,11H,4-5H2,1H3,(H,17,20)(H,22,23). The first-order chi connectivity index (χ1) is 11.1. The largest absolute Gasteiger partial charge is 0.478 e. The number of fused-ring (bicyclic) bond motifs is 1. The normalized spacial score (nSPS) is 14.1. The van der Waals surface area contributed by atoms with Gasteiger partial charge in [0.15, 0.2) is 11.5 Å². The molecule has 7 heteroatoms. The second-order valence-corrected chi connectivity index (χ2v) is 5.74. The van der Waals surface area contributed by atoms with Crippen LogP contribution >= 0.6 is 0 Å². The smallest absolute Gasteiger partial charge is 0.335 e. The predicted molar refractivity (Wildman–Crippen MR) is 84.6 cm³/mol. The molecule has 0 radical (unpaired) electrons. The van der Waals surface area contributed by atoms with Crippen LogP contribution in [0.5, 0.6) is 0 Å².